The highest BCUT2D eigenvalue weighted by molar-refractivity contribution is 7.99. The predicted octanol–water partition coefficient (Wildman–Crippen LogP) is 3.33. The topological polar surface area (TPSA) is 26.3 Å². The van der Waals surface area contributed by atoms with Gasteiger partial charge in [-0.2, -0.15) is 0 Å². The molecular formula is C12H16O2S. The molecule has 2 nitrogen and oxygen atoms in total. The van der Waals surface area contributed by atoms with Crippen LogP contribution in [0.3, 0.4) is 0 Å². The SMILES string of the molecule is CC(C)(C)C(=O)OCSc1ccccc1. The lowest BCUT2D eigenvalue weighted by Crippen LogP contribution is -2.22. The average Bonchev–Trinajstić information content (AvgIpc) is 2.18. The first-order valence-electron chi connectivity index (χ1n) is 4.85. The van der Waals surface area contributed by atoms with Crippen molar-refractivity contribution >= 4 is 17.7 Å². The summed E-state index contributed by atoms with van der Waals surface area (Å²) < 4.78 is 5.13. The minimum absolute atomic E-state index is 0.161. The van der Waals surface area contributed by atoms with Gasteiger partial charge in [0.25, 0.3) is 0 Å². The molecule has 0 aromatic heterocycles. The number of benzene rings is 1. The van der Waals surface area contributed by atoms with Crippen LogP contribution in [0.5, 0.6) is 0 Å². The summed E-state index contributed by atoms with van der Waals surface area (Å²) in [5, 5.41) is 0. The van der Waals surface area contributed by atoms with Gasteiger partial charge in [0.2, 0.25) is 0 Å². The van der Waals surface area contributed by atoms with Gasteiger partial charge in [-0.1, -0.05) is 30.0 Å². The van der Waals surface area contributed by atoms with Crippen molar-refractivity contribution in [1.29, 1.82) is 0 Å². The van der Waals surface area contributed by atoms with Crippen molar-refractivity contribution < 1.29 is 9.53 Å². The van der Waals surface area contributed by atoms with E-state index in [-0.39, 0.29) is 5.97 Å². The van der Waals surface area contributed by atoms with Crippen LogP contribution < -0.4 is 0 Å². The third-order valence-corrected chi connectivity index (χ3v) is 2.61. The molecule has 0 spiro atoms. The summed E-state index contributed by atoms with van der Waals surface area (Å²) in [6.07, 6.45) is 0. The van der Waals surface area contributed by atoms with Gasteiger partial charge in [0, 0.05) is 4.90 Å². The third kappa shape index (κ3) is 4.38. The molecule has 3 heteroatoms. The minimum Gasteiger partial charge on any atom is -0.454 e. The molecule has 0 amide bonds. The number of carbonyl (C=O) groups is 1. The molecule has 0 aliphatic rings. The molecule has 0 atom stereocenters. The maximum Gasteiger partial charge on any atom is 0.312 e. The number of thioether (sulfide) groups is 1. The first kappa shape index (κ1) is 12.1. The van der Waals surface area contributed by atoms with Gasteiger partial charge in [0.15, 0.2) is 0 Å². The molecule has 0 fully saturated rings. The summed E-state index contributed by atoms with van der Waals surface area (Å²) in [5.41, 5.74) is -0.419. The van der Waals surface area contributed by atoms with Crippen molar-refractivity contribution in [2.24, 2.45) is 5.41 Å². The molecule has 0 bridgehead atoms. The fraction of sp³-hybridized carbons (Fsp3) is 0.417. The van der Waals surface area contributed by atoms with E-state index in [0.29, 0.717) is 5.94 Å². The van der Waals surface area contributed by atoms with Crippen LogP contribution in [0.1, 0.15) is 20.8 Å². The molecule has 82 valence electrons. The number of hydrogen-bond donors (Lipinski definition) is 0. The molecule has 1 rings (SSSR count). The fourth-order valence-corrected chi connectivity index (χ4v) is 1.54. The number of rotatable bonds is 3. The van der Waals surface area contributed by atoms with Crippen LogP contribution in [0.25, 0.3) is 0 Å². The van der Waals surface area contributed by atoms with E-state index in [1.54, 1.807) is 0 Å². The lowest BCUT2D eigenvalue weighted by Gasteiger charge is -2.16. The highest BCUT2D eigenvalue weighted by Crippen LogP contribution is 2.20. The van der Waals surface area contributed by atoms with Crippen molar-refractivity contribution in [3.8, 4) is 0 Å². The van der Waals surface area contributed by atoms with Crippen LogP contribution in [0.15, 0.2) is 35.2 Å². The molecule has 0 aliphatic heterocycles. The van der Waals surface area contributed by atoms with Gasteiger partial charge >= 0.3 is 5.97 Å². The summed E-state index contributed by atoms with van der Waals surface area (Å²) in [4.78, 5) is 12.5. The van der Waals surface area contributed by atoms with E-state index in [1.807, 2.05) is 51.1 Å². The van der Waals surface area contributed by atoms with E-state index in [4.69, 9.17) is 4.74 Å². The molecule has 0 heterocycles. The normalized spacial score (nSPS) is 11.1. The largest absolute Gasteiger partial charge is 0.454 e. The van der Waals surface area contributed by atoms with E-state index in [2.05, 4.69) is 0 Å². The van der Waals surface area contributed by atoms with Gasteiger partial charge in [-0.15, -0.1) is 0 Å². The van der Waals surface area contributed by atoms with E-state index in [1.165, 1.54) is 11.8 Å². The molecule has 0 saturated heterocycles. The first-order chi connectivity index (χ1) is 7.00. The van der Waals surface area contributed by atoms with Crippen LogP contribution in [-0.2, 0) is 9.53 Å². The summed E-state index contributed by atoms with van der Waals surface area (Å²) in [6.45, 7) is 5.55. The second kappa shape index (κ2) is 5.21. The van der Waals surface area contributed by atoms with Gasteiger partial charge < -0.3 is 4.74 Å². The Bertz CT molecular complexity index is 314. The van der Waals surface area contributed by atoms with E-state index >= 15 is 0 Å². The van der Waals surface area contributed by atoms with Crippen molar-refractivity contribution in [2.45, 2.75) is 25.7 Å². The molecule has 0 N–H and O–H groups in total. The summed E-state index contributed by atoms with van der Waals surface area (Å²) in [5.74, 6) is 0.214. The molecule has 0 saturated carbocycles. The Morgan fingerprint density at radius 2 is 1.87 bits per heavy atom. The van der Waals surface area contributed by atoms with Crippen LogP contribution in [-0.4, -0.2) is 11.9 Å². The maximum atomic E-state index is 11.4. The zero-order valence-electron chi connectivity index (χ0n) is 9.32. The van der Waals surface area contributed by atoms with Crippen molar-refractivity contribution in [2.75, 3.05) is 5.94 Å². The monoisotopic (exact) mass is 224 g/mol. The van der Waals surface area contributed by atoms with Crippen LogP contribution in [0.4, 0.5) is 0 Å². The Balaban J connectivity index is 2.32. The van der Waals surface area contributed by atoms with Gasteiger partial charge in [-0.25, -0.2) is 0 Å². The smallest absolute Gasteiger partial charge is 0.312 e. The van der Waals surface area contributed by atoms with E-state index in [9.17, 15) is 4.79 Å². The molecule has 15 heavy (non-hydrogen) atoms. The lowest BCUT2D eigenvalue weighted by molar-refractivity contribution is -0.150. The second-order valence-electron chi connectivity index (χ2n) is 4.26. The minimum atomic E-state index is -0.419. The number of ether oxygens (including phenoxy) is 1. The lowest BCUT2D eigenvalue weighted by atomic mass is 9.98. The second-order valence-corrected chi connectivity index (χ2v) is 5.25. The number of esters is 1. The Morgan fingerprint density at radius 3 is 2.40 bits per heavy atom. The highest BCUT2D eigenvalue weighted by Gasteiger charge is 2.22. The Hall–Kier alpha value is -0.960. The van der Waals surface area contributed by atoms with Crippen molar-refractivity contribution in [1.82, 2.24) is 0 Å². The summed E-state index contributed by atoms with van der Waals surface area (Å²) in [6, 6.07) is 9.89. The van der Waals surface area contributed by atoms with Crippen LogP contribution in [0.2, 0.25) is 0 Å². The molecule has 0 unspecified atom stereocenters. The zero-order valence-corrected chi connectivity index (χ0v) is 10.1. The molecule has 1 aromatic rings. The zero-order chi connectivity index (χ0) is 11.3. The molecule has 0 radical (unpaired) electrons. The Kier molecular flexibility index (Phi) is 4.21. The van der Waals surface area contributed by atoms with Gasteiger partial charge in [0.1, 0.15) is 5.94 Å². The fourth-order valence-electron chi connectivity index (χ4n) is 0.884. The molecule has 1 aromatic carbocycles. The molecular weight excluding hydrogens is 208 g/mol. The van der Waals surface area contributed by atoms with Gasteiger partial charge in [0.05, 0.1) is 5.41 Å². The number of carbonyl (C=O) groups excluding carboxylic acids is 1. The summed E-state index contributed by atoms with van der Waals surface area (Å²) in [7, 11) is 0. The van der Waals surface area contributed by atoms with Crippen molar-refractivity contribution in [3.63, 3.8) is 0 Å². The van der Waals surface area contributed by atoms with E-state index in [0.717, 1.165) is 4.90 Å². The Labute approximate surface area is 95.0 Å². The van der Waals surface area contributed by atoms with Crippen LogP contribution in [0, 0.1) is 5.41 Å². The van der Waals surface area contributed by atoms with Gasteiger partial charge in [-0.05, 0) is 32.9 Å². The third-order valence-electron chi connectivity index (χ3n) is 1.77. The average molecular weight is 224 g/mol. The Morgan fingerprint density at radius 1 is 1.27 bits per heavy atom. The summed E-state index contributed by atoms with van der Waals surface area (Å²) >= 11 is 1.52. The van der Waals surface area contributed by atoms with Crippen molar-refractivity contribution in [3.05, 3.63) is 30.3 Å². The number of hydrogen-bond acceptors (Lipinski definition) is 3. The standard InChI is InChI=1S/C12H16O2S/c1-12(2,3)11(13)14-9-15-10-7-5-4-6-8-10/h4-8H,9H2,1-3H3. The quantitative estimate of drug-likeness (QED) is 0.447. The van der Waals surface area contributed by atoms with Gasteiger partial charge in [-0.3, -0.25) is 4.79 Å². The highest BCUT2D eigenvalue weighted by atomic mass is 32.2. The van der Waals surface area contributed by atoms with E-state index < -0.39 is 5.41 Å². The first-order valence-corrected chi connectivity index (χ1v) is 5.84. The van der Waals surface area contributed by atoms with Crippen LogP contribution >= 0.6 is 11.8 Å². The maximum absolute atomic E-state index is 11.4. The molecule has 0 aliphatic carbocycles. The predicted molar refractivity (Wildman–Crippen MR) is 62.7 cm³/mol.